The van der Waals surface area contributed by atoms with Gasteiger partial charge >= 0.3 is 0 Å². The van der Waals surface area contributed by atoms with Crippen molar-refractivity contribution in [2.24, 2.45) is 8.54 Å². The third kappa shape index (κ3) is 4.90. The summed E-state index contributed by atoms with van der Waals surface area (Å²) < 4.78 is 22.8. The van der Waals surface area contributed by atoms with E-state index in [1.807, 2.05) is 36.4 Å². The van der Waals surface area contributed by atoms with E-state index in [1.165, 1.54) is 0 Å². The SMILES string of the molecule is C[Si](C)(C)N=P(N=S(C)(C)=O)(c1ccccc1)c1ccccc1. The number of nitrogens with zero attached hydrogens (tertiary/aromatic N) is 2. The van der Waals surface area contributed by atoms with Gasteiger partial charge in [0.2, 0.25) is 0 Å². The predicted molar refractivity (Wildman–Crippen MR) is 107 cm³/mol. The van der Waals surface area contributed by atoms with Gasteiger partial charge in [-0.3, -0.25) is 0 Å². The first kappa shape index (κ1) is 18.2. The van der Waals surface area contributed by atoms with Gasteiger partial charge in [-0.1, -0.05) is 60.7 Å². The first-order chi connectivity index (χ1) is 10.6. The topological polar surface area (TPSA) is 41.8 Å². The van der Waals surface area contributed by atoms with E-state index in [9.17, 15) is 4.21 Å². The molecule has 0 N–H and O–H groups in total. The molecule has 0 atom stereocenters. The average Bonchev–Trinajstić information content (AvgIpc) is 2.45. The first-order valence-corrected chi connectivity index (χ1v) is 15.0. The van der Waals surface area contributed by atoms with Crippen LogP contribution in [0, 0.1) is 0 Å². The lowest BCUT2D eigenvalue weighted by Crippen LogP contribution is -2.23. The molecule has 3 nitrogen and oxygen atoms in total. The molecule has 0 heterocycles. The summed E-state index contributed by atoms with van der Waals surface area (Å²) >= 11 is 0. The Morgan fingerprint density at radius 3 is 1.52 bits per heavy atom. The minimum Gasteiger partial charge on any atom is -0.311 e. The third-order valence-corrected chi connectivity index (χ3v) is 11.1. The second-order valence-electron chi connectivity index (χ2n) is 6.81. The Balaban J connectivity index is 2.98. The van der Waals surface area contributed by atoms with Crippen molar-refractivity contribution in [1.29, 1.82) is 0 Å². The van der Waals surface area contributed by atoms with Crippen LogP contribution >= 0.6 is 7.21 Å². The summed E-state index contributed by atoms with van der Waals surface area (Å²) in [4.78, 5) is 0. The van der Waals surface area contributed by atoms with E-state index in [0.717, 1.165) is 10.6 Å². The zero-order chi connectivity index (χ0) is 17.1. The maximum atomic E-state index is 12.7. The maximum Gasteiger partial charge on any atom is 0.173 e. The van der Waals surface area contributed by atoms with Gasteiger partial charge < -0.3 is 4.41 Å². The van der Waals surface area contributed by atoms with Crippen molar-refractivity contribution >= 4 is 35.8 Å². The zero-order valence-corrected chi connectivity index (χ0v) is 17.1. The molecule has 0 bridgehead atoms. The van der Waals surface area contributed by atoms with Crippen LogP contribution in [-0.2, 0) is 9.73 Å². The quantitative estimate of drug-likeness (QED) is 0.588. The van der Waals surface area contributed by atoms with Crippen molar-refractivity contribution in [3.8, 4) is 0 Å². The van der Waals surface area contributed by atoms with Crippen LogP contribution in [-0.4, -0.2) is 25.0 Å². The van der Waals surface area contributed by atoms with Crippen LogP contribution in [0.4, 0.5) is 0 Å². The Morgan fingerprint density at radius 1 is 0.826 bits per heavy atom. The molecule has 6 heteroatoms. The van der Waals surface area contributed by atoms with Crippen molar-refractivity contribution in [3.05, 3.63) is 60.7 Å². The van der Waals surface area contributed by atoms with Crippen LogP contribution in [0.25, 0.3) is 0 Å². The molecule has 0 spiro atoms. The van der Waals surface area contributed by atoms with Gasteiger partial charge in [-0.25, -0.2) is 4.21 Å². The van der Waals surface area contributed by atoms with Crippen molar-refractivity contribution < 1.29 is 4.21 Å². The molecule has 0 unspecified atom stereocenters. The summed E-state index contributed by atoms with van der Waals surface area (Å²) in [5, 5.41) is 2.15. The average molecular weight is 365 g/mol. The third-order valence-electron chi connectivity index (χ3n) is 2.99. The lowest BCUT2D eigenvalue weighted by Gasteiger charge is -2.26. The van der Waals surface area contributed by atoms with E-state index in [4.69, 9.17) is 8.54 Å². The molecule has 23 heavy (non-hydrogen) atoms. The van der Waals surface area contributed by atoms with Crippen LogP contribution in [0.15, 0.2) is 69.2 Å². The molecule has 0 aliphatic rings. The lowest BCUT2D eigenvalue weighted by molar-refractivity contribution is 0.685. The Bertz CT molecular complexity index is 784. The zero-order valence-electron chi connectivity index (χ0n) is 14.4. The van der Waals surface area contributed by atoms with E-state index in [0.29, 0.717) is 0 Å². The molecule has 0 amide bonds. The van der Waals surface area contributed by atoms with Gasteiger partial charge in [0.25, 0.3) is 0 Å². The lowest BCUT2D eigenvalue weighted by atomic mass is 10.4. The van der Waals surface area contributed by atoms with E-state index >= 15 is 0 Å². The summed E-state index contributed by atoms with van der Waals surface area (Å²) in [6.45, 7) is 6.61. The van der Waals surface area contributed by atoms with E-state index in [1.54, 1.807) is 12.5 Å². The van der Waals surface area contributed by atoms with Crippen LogP contribution in [0.5, 0.6) is 0 Å². The predicted octanol–water partition coefficient (Wildman–Crippen LogP) is 4.32. The second kappa shape index (κ2) is 6.76. The summed E-state index contributed by atoms with van der Waals surface area (Å²) in [5.41, 5.74) is 0. The molecular weight excluding hydrogens is 339 g/mol. The fourth-order valence-corrected chi connectivity index (χ4v) is 11.7. The minimum absolute atomic E-state index is 1.07. The highest BCUT2D eigenvalue weighted by molar-refractivity contribution is 7.98. The van der Waals surface area contributed by atoms with Gasteiger partial charge in [-0.15, -0.1) is 0 Å². The number of hydrogen-bond donors (Lipinski definition) is 0. The summed E-state index contributed by atoms with van der Waals surface area (Å²) in [6.07, 6.45) is 3.40. The Labute approximate surface area is 141 Å². The van der Waals surface area contributed by atoms with E-state index in [2.05, 4.69) is 43.9 Å². The smallest absolute Gasteiger partial charge is 0.173 e. The van der Waals surface area contributed by atoms with Crippen molar-refractivity contribution in [1.82, 2.24) is 0 Å². The van der Waals surface area contributed by atoms with Crippen LogP contribution < -0.4 is 10.6 Å². The Kier molecular flexibility index (Phi) is 5.34. The largest absolute Gasteiger partial charge is 0.311 e. The van der Waals surface area contributed by atoms with Gasteiger partial charge in [0.05, 0.1) is 0 Å². The molecule has 124 valence electrons. The Hall–Kier alpha value is -1.16. The maximum absolute atomic E-state index is 12.7. The molecule has 0 aromatic heterocycles. The molecule has 0 radical (unpaired) electrons. The molecule has 2 aromatic carbocycles. The second-order valence-corrected chi connectivity index (χ2v) is 17.2. The monoisotopic (exact) mass is 364 g/mol. The van der Waals surface area contributed by atoms with Crippen LogP contribution in [0.2, 0.25) is 19.6 Å². The van der Waals surface area contributed by atoms with Crippen LogP contribution in [0.3, 0.4) is 0 Å². The van der Waals surface area contributed by atoms with Crippen molar-refractivity contribution in [3.63, 3.8) is 0 Å². The van der Waals surface area contributed by atoms with Crippen molar-refractivity contribution in [2.75, 3.05) is 12.5 Å². The van der Waals surface area contributed by atoms with E-state index in [-0.39, 0.29) is 0 Å². The normalized spacial score (nSPS) is 12.7. The van der Waals surface area contributed by atoms with Gasteiger partial charge in [-0.2, -0.15) is 4.13 Å². The standard InChI is InChI=1S/C17H25N2OPSSi/c1-22(2,20)18-21(19-23(3,4)5,16-12-8-6-9-13-16)17-14-10-7-11-15-17/h6-15H,1-5H3. The molecule has 0 saturated carbocycles. The summed E-state index contributed by atoms with van der Waals surface area (Å²) in [5.74, 6) is 0. The van der Waals surface area contributed by atoms with Gasteiger partial charge in [0.1, 0.15) is 7.21 Å². The fourth-order valence-electron chi connectivity index (χ4n) is 2.37. The highest BCUT2D eigenvalue weighted by Crippen LogP contribution is 2.51. The minimum atomic E-state index is -2.41. The number of rotatable bonds is 4. The van der Waals surface area contributed by atoms with Gasteiger partial charge in [0, 0.05) is 32.8 Å². The van der Waals surface area contributed by atoms with Crippen molar-refractivity contribution in [2.45, 2.75) is 19.6 Å². The molecule has 0 aliphatic heterocycles. The highest BCUT2D eigenvalue weighted by atomic mass is 32.2. The summed E-state index contributed by atoms with van der Waals surface area (Å²) in [6, 6.07) is 20.3. The molecule has 2 aromatic rings. The molecular formula is C17H25N2OPSSi. The molecule has 2 rings (SSSR count). The van der Waals surface area contributed by atoms with Gasteiger partial charge in [-0.05, 0) is 19.6 Å². The van der Waals surface area contributed by atoms with E-state index < -0.39 is 25.2 Å². The molecule has 0 aliphatic carbocycles. The molecule has 0 fully saturated rings. The Morgan fingerprint density at radius 2 is 1.22 bits per heavy atom. The first-order valence-electron chi connectivity index (χ1n) is 7.56. The summed E-state index contributed by atoms with van der Waals surface area (Å²) in [7, 11) is -6.51. The number of benzene rings is 2. The number of hydrogen-bond acceptors (Lipinski definition) is 2. The molecule has 0 saturated heterocycles. The fraction of sp³-hybridized carbons (Fsp3) is 0.294. The van der Waals surface area contributed by atoms with Crippen LogP contribution in [0.1, 0.15) is 0 Å². The highest BCUT2D eigenvalue weighted by Gasteiger charge is 2.28. The van der Waals surface area contributed by atoms with Gasteiger partial charge in [0.15, 0.2) is 8.24 Å².